The van der Waals surface area contributed by atoms with Crippen LogP contribution in [-0.2, 0) is 28.4 Å². The van der Waals surface area contributed by atoms with Gasteiger partial charge in [-0.25, -0.2) is 0 Å². The molecule has 0 bridgehead atoms. The molecule has 1 fully saturated rings. The summed E-state index contributed by atoms with van der Waals surface area (Å²) < 4.78 is 80.2. The zero-order valence-electron chi connectivity index (χ0n) is 21.5. The van der Waals surface area contributed by atoms with E-state index in [4.69, 9.17) is 23.2 Å². The molecule has 1 aliphatic heterocycles. The predicted octanol–water partition coefficient (Wildman–Crippen LogP) is 6.06. The van der Waals surface area contributed by atoms with Gasteiger partial charge in [-0.3, -0.25) is 14.4 Å². The Morgan fingerprint density at radius 3 is 2.24 bits per heavy atom. The number of carbonyl (C=O) groups is 3. The van der Waals surface area contributed by atoms with Crippen molar-refractivity contribution in [2.75, 3.05) is 13.6 Å². The van der Waals surface area contributed by atoms with E-state index in [0.717, 1.165) is 17.4 Å². The number of hydrogen-bond donors (Lipinski definition) is 2. The van der Waals surface area contributed by atoms with Gasteiger partial charge in [-0.05, 0) is 61.6 Å². The van der Waals surface area contributed by atoms with Gasteiger partial charge in [0.1, 0.15) is 6.04 Å². The number of nitrogens with zero attached hydrogens (tertiary/aromatic N) is 1. The molecule has 0 aliphatic carbocycles. The zero-order valence-corrected chi connectivity index (χ0v) is 23.0. The molecule has 14 heteroatoms. The van der Waals surface area contributed by atoms with E-state index in [1.807, 2.05) is 0 Å². The first-order valence-electron chi connectivity index (χ1n) is 12.3. The van der Waals surface area contributed by atoms with Crippen molar-refractivity contribution in [3.8, 4) is 0 Å². The first-order chi connectivity index (χ1) is 19.1. The Bertz CT molecular complexity index is 1300. The van der Waals surface area contributed by atoms with Crippen LogP contribution in [0.3, 0.4) is 0 Å². The maximum atomic E-state index is 13.4. The lowest BCUT2D eigenvalue weighted by molar-refractivity contribution is -0.143. The van der Waals surface area contributed by atoms with Gasteiger partial charge in [-0.2, -0.15) is 26.3 Å². The van der Waals surface area contributed by atoms with Crippen LogP contribution in [0.15, 0.2) is 48.6 Å². The number of alkyl halides is 6. The summed E-state index contributed by atoms with van der Waals surface area (Å²) in [6.07, 6.45) is -6.14. The highest BCUT2D eigenvalue weighted by Gasteiger charge is 2.38. The SMILES string of the molecule is CN(C(=O)c1cc(C(F)(F)F)cc(C(F)(F)F)c1)[C@@H](C=CC(=O)N[C@@H]1CCCCNC1=O)Cc1ccc(Cl)c(Cl)c1. The fourth-order valence-electron chi connectivity index (χ4n) is 4.17. The second-order valence-corrected chi connectivity index (χ2v) is 10.3. The van der Waals surface area contributed by atoms with Crippen molar-refractivity contribution in [1.29, 1.82) is 0 Å². The van der Waals surface area contributed by atoms with Crippen molar-refractivity contribution >= 4 is 40.9 Å². The minimum absolute atomic E-state index is 0.0298. The van der Waals surface area contributed by atoms with Crippen molar-refractivity contribution < 1.29 is 40.7 Å². The molecule has 0 saturated carbocycles. The summed E-state index contributed by atoms with van der Waals surface area (Å²) in [7, 11) is 1.18. The van der Waals surface area contributed by atoms with Crippen molar-refractivity contribution in [1.82, 2.24) is 15.5 Å². The summed E-state index contributed by atoms with van der Waals surface area (Å²) in [5.74, 6) is -2.18. The molecular weight excluding hydrogens is 599 g/mol. The van der Waals surface area contributed by atoms with E-state index in [0.29, 0.717) is 37.1 Å². The summed E-state index contributed by atoms with van der Waals surface area (Å²) in [5, 5.41) is 5.64. The molecule has 0 aromatic heterocycles. The number of nitrogens with one attached hydrogen (secondary N) is 2. The van der Waals surface area contributed by atoms with Crippen LogP contribution in [0.4, 0.5) is 26.3 Å². The van der Waals surface area contributed by atoms with Crippen LogP contribution >= 0.6 is 23.2 Å². The Kier molecular flexibility index (Phi) is 10.4. The van der Waals surface area contributed by atoms with Gasteiger partial charge in [0.05, 0.1) is 27.2 Å². The number of likely N-dealkylation sites (N-methyl/N-ethyl adjacent to an activating group) is 1. The second kappa shape index (κ2) is 13.2. The first kappa shape index (κ1) is 32.3. The summed E-state index contributed by atoms with van der Waals surface area (Å²) in [4.78, 5) is 39.0. The van der Waals surface area contributed by atoms with Gasteiger partial charge in [0.15, 0.2) is 0 Å². The molecule has 2 atom stereocenters. The summed E-state index contributed by atoms with van der Waals surface area (Å²) in [6.45, 7) is 0.477. The number of rotatable bonds is 7. The lowest BCUT2D eigenvalue weighted by Gasteiger charge is -2.27. The van der Waals surface area contributed by atoms with E-state index in [2.05, 4.69) is 10.6 Å². The largest absolute Gasteiger partial charge is 0.416 e. The van der Waals surface area contributed by atoms with E-state index in [1.54, 1.807) is 6.07 Å². The molecule has 2 aromatic rings. The van der Waals surface area contributed by atoms with Crippen molar-refractivity contribution in [3.05, 3.63) is 80.8 Å². The first-order valence-corrected chi connectivity index (χ1v) is 13.1. The van der Waals surface area contributed by atoms with E-state index in [9.17, 15) is 40.7 Å². The van der Waals surface area contributed by atoms with Crippen LogP contribution in [-0.4, -0.2) is 48.3 Å². The minimum atomic E-state index is -5.14. The van der Waals surface area contributed by atoms with E-state index in [1.165, 1.54) is 25.3 Å². The van der Waals surface area contributed by atoms with Crippen LogP contribution in [0.2, 0.25) is 10.0 Å². The van der Waals surface area contributed by atoms with Gasteiger partial charge in [0.25, 0.3) is 5.91 Å². The summed E-state index contributed by atoms with van der Waals surface area (Å²) in [5.41, 5.74) is -3.61. The van der Waals surface area contributed by atoms with Crippen molar-refractivity contribution in [3.63, 3.8) is 0 Å². The summed E-state index contributed by atoms with van der Waals surface area (Å²) in [6, 6.07) is 3.31. The molecule has 2 N–H and O–H groups in total. The monoisotopic (exact) mass is 623 g/mol. The molecule has 3 amide bonds. The molecule has 0 unspecified atom stereocenters. The zero-order chi connectivity index (χ0) is 30.5. The molecule has 2 aromatic carbocycles. The number of carbonyl (C=O) groups excluding carboxylic acids is 3. The normalized spacial score (nSPS) is 17.1. The molecule has 222 valence electrons. The smallest absolute Gasteiger partial charge is 0.354 e. The summed E-state index contributed by atoms with van der Waals surface area (Å²) >= 11 is 12.0. The molecule has 1 heterocycles. The highest BCUT2D eigenvalue weighted by Crippen LogP contribution is 2.36. The molecule has 0 spiro atoms. The number of amides is 3. The van der Waals surface area contributed by atoms with Gasteiger partial charge in [0, 0.05) is 25.2 Å². The Balaban J connectivity index is 1.94. The molecule has 6 nitrogen and oxygen atoms in total. The second-order valence-electron chi connectivity index (χ2n) is 9.44. The van der Waals surface area contributed by atoms with Crippen LogP contribution in [0.1, 0.15) is 46.3 Å². The van der Waals surface area contributed by atoms with E-state index >= 15 is 0 Å². The van der Waals surface area contributed by atoms with Crippen LogP contribution in [0.5, 0.6) is 0 Å². The van der Waals surface area contributed by atoms with Gasteiger partial charge in [-0.1, -0.05) is 35.3 Å². The Labute approximate surface area is 241 Å². The molecule has 1 aliphatic rings. The van der Waals surface area contributed by atoms with Crippen LogP contribution in [0.25, 0.3) is 0 Å². The average Bonchev–Trinajstić information content (AvgIpc) is 3.10. The molecule has 1 saturated heterocycles. The third kappa shape index (κ3) is 8.87. The topological polar surface area (TPSA) is 78.5 Å². The Morgan fingerprint density at radius 1 is 1.02 bits per heavy atom. The lowest BCUT2D eigenvalue weighted by atomic mass is 10.0. The maximum absolute atomic E-state index is 13.4. The number of hydrogen-bond acceptors (Lipinski definition) is 3. The van der Waals surface area contributed by atoms with E-state index < -0.39 is 52.9 Å². The molecule has 41 heavy (non-hydrogen) atoms. The standard InChI is InChI=1S/C27H25Cl2F6N3O3/c1-38(25(41)16-12-17(26(30,31)32)14-18(13-16)27(33,34)35)19(10-15-5-7-20(28)21(29)11-15)6-8-23(39)37-22-4-2-3-9-36-24(22)40/h5-8,11-14,19,22H,2-4,9-10H2,1H3,(H,36,40)(H,37,39)/t19-,22+/m0/s1. The molecular formula is C27H25Cl2F6N3O3. The quantitative estimate of drug-likeness (QED) is 0.291. The fraction of sp³-hybridized carbons (Fsp3) is 0.370. The van der Waals surface area contributed by atoms with Crippen molar-refractivity contribution in [2.24, 2.45) is 0 Å². The van der Waals surface area contributed by atoms with Gasteiger partial charge in [-0.15, -0.1) is 0 Å². The lowest BCUT2D eigenvalue weighted by Crippen LogP contribution is -2.45. The minimum Gasteiger partial charge on any atom is -0.354 e. The molecule has 0 radical (unpaired) electrons. The molecule has 3 rings (SSSR count). The third-order valence-corrected chi connectivity index (χ3v) is 7.14. The Morgan fingerprint density at radius 2 is 1.66 bits per heavy atom. The van der Waals surface area contributed by atoms with Crippen LogP contribution < -0.4 is 10.6 Å². The maximum Gasteiger partial charge on any atom is 0.416 e. The highest BCUT2D eigenvalue weighted by atomic mass is 35.5. The third-order valence-electron chi connectivity index (χ3n) is 6.40. The van der Waals surface area contributed by atoms with Gasteiger partial charge in [0.2, 0.25) is 11.8 Å². The van der Waals surface area contributed by atoms with E-state index in [-0.39, 0.29) is 28.4 Å². The average molecular weight is 624 g/mol. The number of halogens is 8. The highest BCUT2D eigenvalue weighted by molar-refractivity contribution is 6.42. The van der Waals surface area contributed by atoms with Crippen molar-refractivity contribution in [2.45, 2.75) is 50.1 Å². The van der Waals surface area contributed by atoms with Crippen LogP contribution in [0, 0.1) is 0 Å². The fourth-order valence-corrected chi connectivity index (χ4v) is 4.49. The predicted molar refractivity (Wildman–Crippen MR) is 140 cm³/mol. The van der Waals surface area contributed by atoms with Gasteiger partial charge >= 0.3 is 12.4 Å². The number of benzene rings is 2. The van der Waals surface area contributed by atoms with Gasteiger partial charge < -0.3 is 15.5 Å². The Hall–Kier alpha value is -3.25.